The third-order valence-corrected chi connectivity index (χ3v) is 9.94. The topological polar surface area (TPSA) is 195 Å². The van der Waals surface area contributed by atoms with E-state index in [1.807, 2.05) is 56.3 Å². The number of likely N-dealkylation sites (tertiary alicyclic amines) is 2. The normalized spacial score (nSPS) is 18.5. The maximum atomic E-state index is 13.5. The number of methoxy groups -OCH3 is 2. The van der Waals surface area contributed by atoms with Crippen LogP contribution in [0.1, 0.15) is 81.3 Å². The third kappa shape index (κ3) is 8.18. The summed E-state index contributed by atoms with van der Waals surface area (Å²) in [6.07, 6.45) is 2.27. The van der Waals surface area contributed by atoms with E-state index < -0.39 is 36.3 Å². The van der Waals surface area contributed by atoms with E-state index in [1.165, 1.54) is 21.1 Å². The fourth-order valence-electron chi connectivity index (χ4n) is 7.06. The van der Waals surface area contributed by atoms with Crippen molar-refractivity contribution in [3.05, 3.63) is 71.4 Å². The maximum absolute atomic E-state index is 13.5. The molecule has 0 saturated carbocycles. The molecule has 284 valence electrons. The number of ether oxygens (including phenoxy) is 2. The van der Waals surface area contributed by atoms with Crippen LogP contribution in [0.5, 0.6) is 0 Å². The van der Waals surface area contributed by atoms with Gasteiger partial charge in [0.25, 0.3) is 0 Å². The van der Waals surface area contributed by atoms with Gasteiger partial charge >= 0.3 is 12.2 Å². The molecule has 2 saturated heterocycles. The number of nitrogens with zero attached hydrogens (tertiary/aromatic N) is 4. The minimum atomic E-state index is -1.14. The number of carbonyl (C=O) groups excluding carboxylic acids is 4. The van der Waals surface area contributed by atoms with Gasteiger partial charge in [-0.25, -0.2) is 19.6 Å². The molecule has 2 aliphatic rings. The molecule has 2 fully saturated rings. The van der Waals surface area contributed by atoms with Gasteiger partial charge in [-0.3, -0.25) is 9.59 Å². The SMILES string of the molecule is COC(=O)N[C@H](C(=O)N1CCC[C@H]1c1ncc(-c2ccc(C#Cc3ccc4nc([C@@H]5CCCN5C(=O)[C@@H](NC(=O)OC)C(C)O)[nH]c4c3)cc2)[nH]1)C(C)C. The second-order valence-electron chi connectivity index (χ2n) is 14.0. The summed E-state index contributed by atoms with van der Waals surface area (Å²) in [5, 5.41) is 15.3. The van der Waals surface area contributed by atoms with E-state index in [0.717, 1.165) is 52.7 Å². The number of aliphatic hydroxyl groups is 1. The van der Waals surface area contributed by atoms with Crippen molar-refractivity contribution in [3.63, 3.8) is 0 Å². The zero-order valence-electron chi connectivity index (χ0n) is 31.0. The lowest BCUT2D eigenvalue weighted by Gasteiger charge is -2.30. The zero-order valence-corrected chi connectivity index (χ0v) is 31.0. The summed E-state index contributed by atoms with van der Waals surface area (Å²) in [5.41, 5.74) is 4.87. The maximum Gasteiger partial charge on any atom is 0.407 e. The third-order valence-electron chi connectivity index (χ3n) is 9.94. The van der Waals surface area contributed by atoms with E-state index in [-0.39, 0.29) is 23.9 Å². The van der Waals surface area contributed by atoms with Crippen molar-refractivity contribution in [2.45, 2.75) is 76.7 Å². The predicted molar refractivity (Wildman–Crippen MR) is 199 cm³/mol. The summed E-state index contributed by atoms with van der Waals surface area (Å²) >= 11 is 0. The first kappa shape index (κ1) is 37.9. The number of hydrogen-bond acceptors (Lipinski definition) is 9. The van der Waals surface area contributed by atoms with Crippen LogP contribution in [-0.2, 0) is 19.1 Å². The van der Waals surface area contributed by atoms with E-state index in [9.17, 15) is 24.3 Å². The smallest absolute Gasteiger partial charge is 0.407 e. The Bertz CT molecular complexity index is 2060. The first-order chi connectivity index (χ1) is 26.0. The summed E-state index contributed by atoms with van der Waals surface area (Å²) in [4.78, 5) is 70.2. The molecule has 0 spiro atoms. The highest BCUT2D eigenvalue weighted by Crippen LogP contribution is 2.34. The number of alkyl carbamates (subject to hydrolysis) is 2. The number of benzene rings is 2. The zero-order chi connectivity index (χ0) is 38.5. The highest BCUT2D eigenvalue weighted by molar-refractivity contribution is 5.87. The van der Waals surface area contributed by atoms with Crippen molar-refractivity contribution < 1.29 is 33.8 Å². The van der Waals surface area contributed by atoms with E-state index in [2.05, 4.69) is 42.2 Å². The van der Waals surface area contributed by atoms with Gasteiger partial charge in [0.05, 0.1) is 55.3 Å². The summed E-state index contributed by atoms with van der Waals surface area (Å²) in [7, 11) is 2.48. The molecule has 2 aliphatic heterocycles. The number of aliphatic hydroxyl groups excluding tert-OH is 1. The van der Waals surface area contributed by atoms with Crippen LogP contribution in [-0.4, -0.2) is 104 Å². The highest BCUT2D eigenvalue weighted by Gasteiger charge is 2.39. The van der Waals surface area contributed by atoms with Crippen molar-refractivity contribution in [1.29, 1.82) is 0 Å². The quantitative estimate of drug-likeness (QED) is 0.157. The molecule has 2 aromatic heterocycles. The number of hydrogen-bond donors (Lipinski definition) is 5. The number of amides is 4. The Kier molecular flexibility index (Phi) is 11.5. The largest absolute Gasteiger partial charge is 0.453 e. The van der Waals surface area contributed by atoms with Gasteiger partial charge in [0, 0.05) is 24.2 Å². The Morgan fingerprint density at radius 3 is 2.00 bits per heavy atom. The van der Waals surface area contributed by atoms with Crippen LogP contribution in [0.2, 0.25) is 0 Å². The molecule has 0 radical (unpaired) electrons. The van der Waals surface area contributed by atoms with Crippen molar-refractivity contribution in [2.75, 3.05) is 27.3 Å². The Labute approximate surface area is 313 Å². The highest BCUT2D eigenvalue weighted by atomic mass is 16.5. The van der Waals surface area contributed by atoms with Crippen LogP contribution in [0.25, 0.3) is 22.3 Å². The molecular weight excluding hydrogens is 692 g/mol. The van der Waals surface area contributed by atoms with Gasteiger partial charge < -0.3 is 45.0 Å². The molecule has 4 heterocycles. The Morgan fingerprint density at radius 1 is 0.815 bits per heavy atom. The van der Waals surface area contributed by atoms with Crippen molar-refractivity contribution in [3.8, 4) is 23.1 Å². The number of carbonyl (C=O) groups is 4. The average molecular weight is 739 g/mol. The molecule has 0 bridgehead atoms. The average Bonchev–Trinajstić information content (AvgIpc) is 4.00. The summed E-state index contributed by atoms with van der Waals surface area (Å²) in [5.74, 6) is 7.10. The lowest BCUT2D eigenvalue weighted by Crippen LogP contribution is -2.53. The van der Waals surface area contributed by atoms with Gasteiger partial charge in [0.1, 0.15) is 23.7 Å². The first-order valence-corrected chi connectivity index (χ1v) is 18.1. The summed E-state index contributed by atoms with van der Waals surface area (Å²) in [6.45, 7) is 6.28. The molecule has 6 rings (SSSR count). The number of H-pyrrole nitrogens is 2. The minimum Gasteiger partial charge on any atom is -0.453 e. The Morgan fingerprint density at radius 2 is 1.39 bits per heavy atom. The van der Waals surface area contributed by atoms with E-state index in [1.54, 1.807) is 16.0 Å². The molecule has 2 aromatic carbocycles. The number of aromatic nitrogens is 4. The molecule has 15 nitrogen and oxygen atoms in total. The molecule has 5 atom stereocenters. The van der Waals surface area contributed by atoms with Crippen molar-refractivity contribution >= 4 is 35.0 Å². The second-order valence-corrected chi connectivity index (χ2v) is 14.0. The molecule has 4 amide bonds. The molecule has 54 heavy (non-hydrogen) atoms. The monoisotopic (exact) mass is 738 g/mol. The van der Waals surface area contributed by atoms with Gasteiger partial charge in [0.15, 0.2) is 0 Å². The van der Waals surface area contributed by atoms with Gasteiger partial charge in [-0.15, -0.1) is 0 Å². The van der Waals surface area contributed by atoms with Crippen LogP contribution in [0, 0.1) is 17.8 Å². The minimum absolute atomic E-state index is 0.115. The van der Waals surface area contributed by atoms with Crippen LogP contribution in [0.15, 0.2) is 48.7 Å². The number of rotatable bonds is 9. The number of aromatic amines is 2. The molecular formula is C39H46N8O7. The van der Waals surface area contributed by atoms with Crippen LogP contribution < -0.4 is 10.6 Å². The van der Waals surface area contributed by atoms with Gasteiger partial charge in [-0.1, -0.05) is 37.8 Å². The van der Waals surface area contributed by atoms with Crippen molar-refractivity contribution in [1.82, 2.24) is 40.4 Å². The van der Waals surface area contributed by atoms with Gasteiger partial charge in [0.2, 0.25) is 11.8 Å². The molecule has 5 N–H and O–H groups in total. The number of fused-ring (bicyclic) bond motifs is 1. The number of imidazole rings is 2. The van der Waals surface area contributed by atoms with Crippen LogP contribution in [0.3, 0.4) is 0 Å². The molecule has 0 aliphatic carbocycles. The second kappa shape index (κ2) is 16.4. The predicted octanol–water partition coefficient (Wildman–Crippen LogP) is 4.17. The Balaban J connectivity index is 1.12. The first-order valence-electron chi connectivity index (χ1n) is 18.1. The van der Waals surface area contributed by atoms with Gasteiger partial charge in [-0.05, 0) is 74.4 Å². The van der Waals surface area contributed by atoms with Gasteiger partial charge in [-0.2, -0.15) is 0 Å². The number of nitrogens with one attached hydrogen (secondary N) is 4. The van der Waals surface area contributed by atoms with Crippen LogP contribution >= 0.6 is 0 Å². The lowest BCUT2D eigenvalue weighted by atomic mass is 10.0. The van der Waals surface area contributed by atoms with Crippen molar-refractivity contribution in [2.24, 2.45) is 5.92 Å². The molecule has 4 aromatic rings. The Hall–Kier alpha value is -5.88. The van der Waals surface area contributed by atoms with E-state index in [0.29, 0.717) is 31.2 Å². The van der Waals surface area contributed by atoms with E-state index in [4.69, 9.17) is 9.72 Å². The van der Waals surface area contributed by atoms with E-state index >= 15 is 0 Å². The van der Waals surface area contributed by atoms with Crippen LogP contribution in [0.4, 0.5) is 9.59 Å². The molecule has 15 heteroatoms. The molecule has 1 unspecified atom stereocenters. The fraction of sp³-hybridized carbons (Fsp3) is 0.436. The fourth-order valence-corrected chi connectivity index (χ4v) is 7.06. The standard InChI is InChI=1S/C39H46N8O7/c1-22(2)32(44-38(51)53-4)36(49)46-18-6-8-30(46)34-40-21-29(43-34)26-15-12-24(13-16-26)10-11-25-14-17-27-28(20-25)42-35(41-27)31-9-7-19-47(31)37(50)33(23(3)48)45-39(52)54-5/h12-17,20-23,30-33,48H,6-9,18-19H2,1-5H3,(H,40,43)(H,41,42)(H,44,51)(H,45,52)/t23?,30-,31-,32-,33-/m0/s1. The lowest BCUT2D eigenvalue weighted by molar-refractivity contribution is -0.137. The summed E-state index contributed by atoms with van der Waals surface area (Å²) < 4.78 is 9.38. The summed E-state index contributed by atoms with van der Waals surface area (Å²) in [6, 6.07) is 11.1.